The molecular weight excluding hydrogens is 216 g/mol. The lowest BCUT2D eigenvalue weighted by Gasteiger charge is -2.28. The maximum Gasteiger partial charge on any atom is 0.220 e. The molecule has 0 spiro atoms. The normalized spacial score (nSPS) is 40.5. The van der Waals surface area contributed by atoms with E-state index in [2.05, 4.69) is 10.6 Å². The van der Waals surface area contributed by atoms with E-state index in [9.17, 15) is 4.79 Å². The van der Waals surface area contributed by atoms with Crippen LogP contribution in [0.2, 0.25) is 0 Å². The first-order chi connectivity index (χ1) is 8.29. The van der Waals surface area contributed by atoms with E-state index in [1.165, 1.54) is 25.7 Å². The van der Waals surface area contributed by atoms with Crippen molar-refractivity contribution in [2.45, 2.75) is 56.7 Å². The van der Waals surface area contributed by atoms with Gasteiger partial charge >= 0.3 is 0 Å². The fraction of sp³-hybridized carbons (Fsp3) is 0.923. The highest BCUT2D eigenvalue weighted by Gasteiger charge is 2.34. The third-order valence-electron chi connectivity index (χ3n) is 4.34. The van der Waals surface area contributed by atoms with Gasteiger partial charge < -0.3 is 15.4 Å². The SMILES string of the molecule is O=C(CC1CC2CCC(C1)N2)NC1CCOC1. The summed E-state index contributed by atoms with van der Waals surface area (Å²) < 4.78 is 5.27. The van der Waals surface area contributed by atoms with Gasteiger partial charge in [-0.05, 0) is 38.0 Å². The minimum atomic E-state index is 0.229. The molecule has 0 aromatic heterocycles. The highest BCUT2D eigenvalue weighted by molar-refractivity contribution is 5.76. The molecule has 0 radical (unpaired) electrons. The predicted molar refractivity (Wildman–Crippen MR) is 64.7 cm³/mol. The zero-order valence-corrected chi connectivity index (χ0v) is 10.3. The number of hydrogen-bond acceptors (Lipinski definition) is 3. The molecule has 0 aromatic rings. The van der Waals surface area contributed by atoms with Gasteiger partial charge in [-0.2, -0.15) is 0 Å². The van der Waals surface area contributed by atoms with Crippen molar-refractivity contribution in [3.63, 3.8) is 0 Å². The van der Waals surface area contributed by atoms with Crippen molar-refractivity contribution in [2.75, 3.05) is 13.2 Å². The Bertz CT molecular complexity index is 277. The molecule has 3 rings (SSSR count). The summed E-state index contributed by atoms with van der Waals surface area (Å²) in [5, 5.41) is 6.71. The van der Waals surface area contributed by atoms with Crippen LogP contribution in [-0.4, -0.2) is 37.2 Å². The van der Waals surface area contributed by atoms with Crippen LogP contribution in [-0.2, 0) is 9.53 Å². The van der Waals surface area contributed by atoms with Gasteiger partial charge in [-0.25, -0.2) is 0 Å². The number of fused-ring (bicyclic) bond motifs is 2. The van der Waals surface area contributed by atoms with E-state index in [1.54, 1.807) is 0 Å². The average Bonchev–Trinajstić information content (AvgIpc) is 2.89. The zero-order chi connectivity index (χ0) is 11.7. The molecule has 17 heavy (non-hydrogen) atoms. The molecule has 96 valence electrons. The number of amides is 1. The van der Waals surface area contributed by atoms with Crippen molar-refractivity contribution in [1.82, 2.24) is 10.6 Å². The maximum absolute atomic E-state index is 11.9. The van der Waals surface area contributed by atoms with Gasteiger partial charge in [-0.3, -0.25) is 4.79 Å². The Hall–Kier alpha value is -0.610. The number of hydrogen-bond donors (Lipinski definition) is 2. The van der Waals surface area contributed by atoms with Gasteiger partial charge in [0, 0.05) is 25.1 Å². The largest absolute Gasteiger partial charge is 0.379 e. The number of nitrogens with one attached hydrogen (secondary N) is 2. The van der Waals surface area contributed by atoms with E-state index >= 15 is 0 Å². The summed E-state index contributed by atoms with van der Waals surface area (Å²) in [6.07, 6.45) is 6.67. The van der Waals surface area contributed by atoms with Gasteiger partial charge in [0.1, 0.15) is 0 Å². The lowest BCUT2D eigenvalue weighted by molar-refractivity contribution is -0.123. The number of piperidine rings is 1. The number of carbonyl (C=O) groups is 1. The summed E-state index contributed by atoms with van der Waals surface area (Å²) in [7, 11) is 0. The molecule has 3 aliphatic rings. The van der Waals surface area contributed by atoms with E-state index in [-0.39, 0.29) is 11.9 Å². The van der Waals surface area contributed by atoms with Crippen LogP contribution in [0.25, 0.3) is 0 Å². The molecule has 4 heteroatoms. The lowest BCUT2D eigenvalue weighted by atomic mass is 9.89. The summed E-state index contributed by atoms with van der Waals surface area (Å²) in [6.45, 7) is 1.49. The first-order valence-electron chi connectivity index (χ1n) is 6.93. The third kappa shape index (κ3) is 2.80. The van der Waals surface area contributed by atoms with Gasteiger partial charge in [0.15, 0.2) is 0 Å². The Kier molecular flexibility index (Phi) is 3.34. The van der Waals surface area contributed by atoms with Crippen molar-refractivity contribution in [1.29, 1.82) is 0 Å². The fourth-order valence-electron chi connectivity index (χ4n) is 3.54. The fourth-order valence-corrected chi connectivity index (χ4v) is 3.54. The van der Waals surface area contributed by atoms with Crippen molar-refractivity contribution < 1.29 is 9.53 Å². The van der Waals surface area contributed by atoms with E-state index in [4.69, 9.17) is 4.74 Å². The van der Waals surface area contributed by atoms with Crippen LogP contribution < -0.4 is 10.6 Å². The first kappa shape index (κ1) is 11.5. The highest BCUT2D eigenvalue weighted by atomic mass is 16.5. The summed E-state index contributed by atoms with van der Waals surface area (Å²) in [5.41, 5.74) is 0. The standard InChI is InChI=1S/C13H22N2O2/c16-13(15-12-3-4-17-8-12)7-9-5-10-1-2-11(6-9)14-10/h9-12,14H,1-8H2,(H,15,16). The number of rotatable bonds is 3. The minimum absolute atomic E-state index is 0.229. The highest BCUT2D eigenvalue weighted by Crippen LogP contribution is 2.32. The van der Waals surface area contributed by atoms with Crippen LogP contribution >= 0.6 is 0 Å². The molecule has 3 unspecified atom stereocenters. The Labute approximate surface area is 102 Å². The monoisotopic (exact) mass is 238 g/mol. The molecule has 3 atom stereocenters. The van der Waals surface area contributed by atoms with Crippen molar-refractivity contribution >= 4 is 5.91 Å². The molecule has 0 aliphatic carbocycles. The van der Waals surface area contributed by atoms with Gasteiger partial charge in [0.2, 0.25) is 5.91 Å². The summed E-state index contributed by atoms with van der Waals surface area (Å²) >= 11 is 0. The van der Waals surface area contributed by atoms with Crippen LogP contribution in [0.3, 0.4) is 0 Å². The molecule has 3 saturated heterocycles. The quantitative estimate of drug-likeness (QED) is 0.765. The van der Waals surface area contributed by atoms with E-state index < -0.39 is 0 Å². The minimum Gasteiger partial charge on any atom is -0.379 e. The molecule has 2 N–H and O–H groups in total. The Morgan fingerprint density at radius 1 is 1.24 bits per heavy atom. The van der Waals surface area contributed by atoms with E-state index in [0.717, 1.165) is 13.0 Å². The van der Waals surface area contributed by atoms with Gasteiger partial charge in [0.25, 0.3) is 0 Å². The molecule has 1 amide bonds. The predicted octanol–water partition coefficient (Wildman–Crippen LogP) is 0.812. The van der Waals surface area contributed by atoms with Crippen LogP contribution in [0.1, 0.15) is 38.5 Å². The Morgan fingerprint density at radius 3 is 2.65 bits per heavy atom. The second-order valence-electron chi connectivity index (χ2n) is 5.81. The van der Waals surface area contributed by atoms with E-state index in [0.29, 0.717) is 31.0 Å². The Balaban J connectivity index is 1.44. The number of ether oxygens (including phenoxy) is 1. The lowest BCUT2D eigenvalue weighted by Crippen LogP contribution is -2.41. The maximum atomic E-state index is 11.9. The molecule has 0 aromatic carbocycles. The van der Waals surface area contributed by atoms with Gasteiger partial charge in [-0.15, -0.1) is 0 Å². The smallest absolute Gasteiger partial charge is 0.220 e. The van der Waals surface area contributed by atoms with Crippen LogP contribution in [0.5, 0.6) is 0 Å². The Morgan fingerprint density at radius 2 is 2.00 bits per heavy atom. The second kappa shape index (κ2) is 4.94. The molecular formula is C13H22N2O2. The van der Waals surface area contributed by atoms with Crippen LogP contribution in [0, 0.1) is 5.92 Å². The van der Waals surface area contributed by atoms with Gasteiger partial charge in [0.05, 0.1) is 12.6 Å². The van der Waals surface area contributed by atoms with Gasteiger partial charge in [-0.1, -0.05) is 0 Å². The molecule has 2 bridgehead atoms. The van der Waals surface area contributed by atoms with E-state index in [1.807, 2.05) is 0 Å². The molecule has 3 aliphatic heterocycles. The summed E-state index contributed by atoms with van der Waals surface area (Å²) in [6, 6.07) is 1.63. The summed E-state index contributed by atoms with van der Waals surface area (Å²) in [5.74, 6) is 0.822. The third-order valence-corrected chi connectivity index (χ3v) is 4.34. The zero-order valence-electron chi connectivity index (χ0n) is 10.3. The molecule has 3 heterocycles. The van der Waals surface area contributed by atoms with Crippen molar-refractivity contribution in [3.05, 3.63) is 0 Å². The molecule has 0 saturated carbocycles. The molecule has 3 fully saturated rings. The molecule has 4 nitrogen and oxygen atoms in total. The number of carbonyl (C=O) groups excluding carboxylic acids is 1. The van der Waals surface area contributed by atoms with Crippen molar-refractivity contribution in [3.8, 4) is 0 Å². The van der Waals surface area contributed by atoms with Crippen molar-refractivity contribution in [2.24, 2.45) is 5.92 Å². The first-order valence-corrected chi connectivity index (χ1v) is 6.93. The average molecular weight is 238 g/mol. The van der Waals surface area contributed by atoms with Crippen LogP contribution in [0.4, 0.5) is 0 Å². The summed E-state index contributed by atoms with van der Waals surface area (Å²) in [4.78, 5) is 11.9. The second-order valence-corrected chi connectivity index (χ2v) is 5.81. The van der Waals surface area contributed by atoms with Crippen LogP contribution in [0.15, 0.2) is 0 Å². The topological polar surface area (TPSA) is 50.4 Å².